The summed E-state index contributed by atoms with van der Waals surface area (Å²) in [6.45, 7) is 6.78. The number of ether oxygens (including phenoxy) is 1. The molecule has 2 aromatic carbocycles. The first-order valence-corrected chi connectivity index (χ1v) is 10.6. The number of aliphatic hydroxyl groups excluding tert-OH is 1. The minimum absolute atomic E-state index is 0.106. The first kappa shape index (κ1) is 22.5. The number of amides is 1. The summed E-state index contributed by atoms with van der Waals surface area (Å²) >= 11 is 0. The highest BCUT2D eigenvalue weighted by atomic mass is 16.5. The van der Waals surface area contributed by atoms with Gasteiger partial charge in [0.1, 0.15) is 0 Å². The summed E-state index contributed by atoms with van der Waals surface area (Å²) in [5.41, 5.74) is 2.86. The maximum Gasteiger partial charge on any atom is 0.290 e. The predicted molar refractivity (Wildman–Crippen MR) is 121 cm³/mol. The lowest BCUT2D eigenvalue weighted by atomic mass is 9.95. The summed E-state index contributed by atoms with van der Waals surface area (Å²) < 4.78 is 5.59. The van der Waals surface area contributed by atoms with Crippen molar-refractivity contribution >= 4 is 17.8 Å². The van der Waals surface area contributed by atoms with Crippen molar-refractivity contribution in [2.45, 2.75) is 39.3 Å². The van der Waals surface area contributed by atoms with Crippen molar-refractivity contribution in [1.82, 2.24) is 4.90 Å². The Kier molecular flexibility index (Phi) is 7.42. The second kappa shape index (κ2) is 10.2. The topological polar surface area (TPSA) is 66.8 Å². The molecule has 1 N–H and O–H groups in total. The lowest BCUT2D eigenvalue weighted by molar-refractivity contribution is -0.129. The summed E-state index contributed by atoms with van der Waals surface area (Å²) in [7, 11) is 0. The fourth-order valence-corrected chi connectivity index (χ4v) is 3.61. The minimum atomic E-state index is -0.625. The molecular weight excluding hydrogens is 390 g/mol. The third-order valence-electron chi connectivity index (χ3n) is 5.18. The minimum Gasteiger partial charge on any atom is -0.503 e. The molecule has 0 unspecified atom stereocenters. The predicted octanol–water partition coefficient (Wildman–Crippen LogP) is 4.79. The van der Waals surface area contributed by atoms with E-state index in [2.05, 4.69) is 0 Å². The second-order valence-corrected chi connectivity index (χ2v) is 7.96. The summed E-state index contributed by atoms with van der Waals surface area (Å²) in [5, 5.41) is 10.6. The molecule has 0 radical (unpaired) electrons. The SMILES string of the molecule is Cc1ccc([C@@H]2C(C(=O)/C=C/c3ccccc3)=C(O)C(=O)N2CCCOC(C)C)cc1. The molecule has 3 rings (SSSR count). The maximum absolute atomic E-state index is 13.1. The molecule has 0 aromatic heterocycles. The fourth-order valence-electron chi connectivity index (χ4n) is 3.61. The van der Waals surface area contributed by atoms with Crippen molar-refractivity contribution in [3.63, 3.8) is 0 Å². The smallest absolute Gasteiger partial charge is 0.290 e. The molecule has 5 heteroatoms. The number of ketones is 1. The Bertz CT molecular complexity index is 974. The Morgan fingerprint density at radius 2 is 1.81 bits per heavy atom. The van der Waals surface area contributed by atoms with Gasteiger partial charge in [-0.25, -0.2) is 0 Å². The van der Waals surface area contributed by atoms with Crippen molar-refractivity contribution in [3.05, 3.63) is 88.7 Å². The lowest BCUT2D eigenvalue weighted by Crippen LogP contribution is -2.32. The molecule has 162 valence electrons. The quantitative estimate of drug-likeness (QED) is 0.469. The summed E-state index contributed by atoms with van der Waals surface area (Å²) in [6.07, 6.45) is 3.83. The summed E-state index contributed by atoms with van der Waals surface area (Å²) in [6, 6.07) is 16.5. The number of aryl methyl sites for hydroxylation is 1. The van der Waals surface area contributed by atoms with Gasteiger partial charge in [-0.3, -0.25) is 9.59 Å². The van der Waals surface area contributed by atoms with Crippen LogP contribution in [0.1, 0.15) is 43.0 Å². The molecule has 0 saturated heterocycles. The van der Waals surface area contributed by atoms with Crippen molar-refractivity contribution in [1.29, 1.82) is 0 Å². The van der Waals surface area contributed by atoms with Crippen LogP contribution in [-0.2, 0) is 14.3 Å². The molecule has 5 nitrogen and oxygen atoms in total. The van der Waals surface area contributed by atoms with E-state index in [0.717, 1.165) is 16.7 Å². The summed E-state index contributed by atoms with van der Waals surface area (Å²) in [4.78, 5) is 27.5. The molecule has 2 aromatic rings. The zero-order valence-corrected chi connectivity index (χ0v) is 18.2. The number of benzene rings is 2. The van der Waals surface area contributed by atoms with E-state index in [0.29, 0.717) is 19.6 Å². The fraction of sp³-hybridized carbons (Fsp3) is 0.308. The van der Waals surface area contributed by atoms with Gasteiger partial charge >= 0.3 is 0 Å². The number of carbonyl (C=O) groups is 2. The zero-order chi connectivity index (χ0) is 22.4. The van der Waals surface area contributed by atoms with E-state index >= 15 is 0 Å². The van der Waals surface area contributed by atoms with Gasteiger partial charge in [-0.05, 0) is 44.4 Å². The van der Waals surface area contributed by atoms with Crippen LogP contribution in [-0.4, -0.2) is 41.0 Å². The molecule has 1 amide bonds. The van der Waals surface area contributed by atoms with Crippen LogP contribution >= 0.6 is 0 Å². The van der Waals surface area contributed by atoms with Gasteiger partial charge in [0.2, 0.25) is 0 Å². The van der Waals surface area contributed by atoms with Gasteiger partial charge in [-0.1, -0.05) is 66.2 Å². The number of nitrogens with zero attached hydrogens (tertiary/aromatic N) is 1. The molecule has 0 bridgehead atoms. The van der Waals surface area contributed by atoms with Gasteiger partial charge in [-0.15, -0.1) is 0 Å². The highest BCUT2D eigenvalue weighted by Crippen LogP contribution is 2.38. The molecule has 1 aliphatic heterocycles. The molecule has 0 spiro atoms. The van der Waals surface area contributed by atoms with Crippen LogP contribution in [0.3, 0.4) is 0 Å². The van der Waals surface area contributed by atoms with E-state index < -0.39 is 17.7 Å². The molecule has 31 heavy (non-hydrogen) atoms. The van der Waals surface area contributed by atoms with Gasteiger partial charge in [-0.2, -0.15) is 0 Å². The van der Waals surface area contributed by atoms with E-state index in [1.807, 2.05) is 75.4 Å². The number of aliphatic hydroxyl groups is 1. The number of hydrogen-bond donors (Lipinski definition) is 1. The molecule has 1 aliphatic rings. The van der Waals surface area contributed by atoms with Crippen LogP contribution in [0.5, 0.6) is 0 Å². The Balaban J connectivity index is 1.89. The number of hydrogen-bond acceptors (Lipinski definition) is 4. The molecule has 0 fully saturated rings. The van der Waals surface area contributed by atoms with Crippen LogP contribution < -0.4 is 0 Å². The Morgan fingerprint density at radius 3 is 2.45 bits per heavy atom. The van der Waals surface area contributed by atoms with E-state index in [1.54, 1.807) is 11.0 Å². The van der Waals surface area contributed by atoms with Crippen LogP contribution in [0.2, 0.25) is 0 Å². The van der Waals surface area contributed by atoms with Crippen molar-refractivity contribution in [2.75, 3.05) is 13.2 Å². The molecular formula is C26H29NO4. The lowest BCUT2D eigenvalue weighted by Gasteiger charge is -2.27. The maximum atomic E-state index is 13.1. The van der Waals surface area contributed by atoms with E-state index in [1.165, 1.54) is 6.08 Å². The van der Waals surface area contributed by atoms with Crippen LogP contribution in [0, 0.1) is 6.92 Å². The average molecular weight is 420 g/mol. The first-order valence-electron chi connectivity index (χ1n) is 10.6. The standard InChI is InChI=1S/C26H29NO4/c1-18(2)31-17-7-16-27-24(21-13-10-19(3)11-14-21)23(25(29)26(27)30)22(28)15-12-20-8-5-4-6-9-20/h4-6,8-15,18,24,29H,7,16-17H2,1-3H3/b15-12+/t24-/m1/s1. The molecule has 1 atom stereocenters. The van der Waals surface area contributed by atoms with E-state index in [9.17, 15) is 14.7 Å². The Labute approximate surface area is 183 Å². The third-order valence-corrected chi connectivity index (χ3v) is 5.18. The van der Waals surface area contributed by atoms with Crippen molar-refractivity contribution in [3.8, 4) is 0 Å². The average Bonchev–Trinajstić information content (AvgIpc) is 3.01. The number of carbonyl (C=O) groups excluding carboxylic acids is 2. The summed E-state index contributed by atoms with van der Waals surface area (Å²) in [5.74, 6) is -1.37. The Hall–Kier alpha value is -3.18. The normalized spacial score (nSPS) is 16.7. The van der Waals surface area contributed by atoms with Crippen LogP contribution in [0.4, 0.5) is 0 Å². The highest BCUT2D eigenvalue weighted by Gasteiger charge is 2.42. The van der Waals surface area contributed by atoms with Crippen LogP contribution in [0.15, 0.2) is 72.0 Å². The van der Waals surface area contributed by atoms with Crippen molar-refractivity contribution < 1.29 is 19.4 Å². The first-order chi connectivity index (χ1) is 14.9. The highest BCUT2D eigenvalue weighted by molar-refractivity contribution is 6.14. The third kappa shape index (κ3) is 5.50. The largest absolute Gasteiger partial charge is 0.503 e. The van der Waals surface area contributed by atoms with Gasteiger partial charge in [0.05, 0.1) is 17.7 Å². The van der Waals surface area contributed by atoms with E-state index in [4.69, 9.17) is 4.74 Å². The molecule has 1 heterocycles. The van der Waals surface area contributed by atoms with Gasteiger partial charge < -0.3 is 14.7 Å². The van der Waals surface area contributed by atoms with Gasteiger partial charge in [0.15, 0.2) is 11.5 Å². The second-order valence-electron chi connectivity index (χ2n) is 7.96. The number of rotatable bonds is 9. The monoisotopic (exact) mass is 419 g/mol. The van der Waals surface area contributed by atoms with Crippen molar-refractivity contribution in [2.24, 2.45) is 0 Å². The molecule has 0 aliphatic carbocycles. The van der Waals surface area contributed by atoms with E-state index in [-0.39, 0.29) is 17.5 Å². The number of allylic oxidation sites excluding steroid dienone is 1. The Morgan fingerprint density at radius 1 is 1.13 bits per heavy atom. The zero-order valence-electron chi connectivity index (χ0n) is 18.2. The van der Waals surface area contributed by atoms with Gasteiger partial charge in [0.25, 0.3) is 5.91 Å². The molecule has 0 saturated carbocycles. The van der Waals surface area contributed by atoms with Crippen LogP contribution in [0.25, 0.3) is 6.08 Å². The van der Waals surface area contributed by atoms with Gasteiger partial charge in [0, 0.05) is 13.2 Å².